The number of carbonyl (C=O) groups is 4. The highest BCUT2D eigenvalue weighted by molar-refractivity contribution is 5.89. The molecule has 0 spiro atoms. The summed E-state index contributed by atoms with van der Waals surface area (Å²) in [7, 11) is 0. The van der Waals surface area contributed by atoms with Crippen LogP contribution in [0.15, 0.2) is 121 Å². The lowest BCUT2D eigenvalue weighted by Gasteiger charge is -2.30. The van der Waals surface area contributed by atoms with Crippen LogP contribution < -0.4 is 20.1 Å². The molecule has 3 unspecified atom stereocenters. The van der Waals surface area contributed by atoms with Gasteiger partial charge in [-0.25, -0.2) is 19.6 Å². The van der Waals surface area contributed by atoms with Gasteiger partial charge in [0.15, 0.2) is 0 Å². The number of imidazole rings is 2. The van der Waals surface area contributed by atoms with E-state index in [0.717, 1.165) is 65.2 Å². The van der Waals surface area contributed by atoms with E-state index in [2.05, 4.69) is 75.2 Å². The number of nitrogens with one attached hydrogen (secondary N) is 4. The minimum absolute atomic E-state index is 0.142. The van der Waals surface area contributed by atoms with Crippen LogP contribution in [0.5, 0.6) is 11.5 Å². The van der Waals surface area contributed by atoms with Crippen molar-refractivity contribution < 1.29 is 28.7 Å². The maximum Gasteiger partial charge on any atom is 0.413 e. The number of para-hydroxylation sites is 2. The van der Waals surface area contributed by atoms with Gasteiger partial charge < -0.3 is 39.9 Å². The molecule has 4 amide bonds. The first-order valence-electron chi connectivity index (χ1n) is 26.0. The van der Waals surface area contributed by atoms with Crippen LogP contribution in [0.1, 0.15) is 119 Å². The van der Waals surface area contributed by atoms with Crippen molar-refractivity contribution in [3.8, 4) is 45.0 Å². The molecule has 4 aliphatic rings. The number of likely N-dealkylation sites (tertiary alicyclic amines) is 2. The highest BCUT2D eigenvalue weighted by Crippen LogP contribution is 2.58. The summed E-state index contributed by atoms with van der Waals surface area (Å²) in [5, 5.41) is 5.66. The summed E-state index contributed by atoms with van der Waals surface area (Å²) in [6.07, 6.45) is 7.30. The minimum Gasteiger partial charge on any atom is -0.410 e. The number of rotatable bonds is 13. The molecular weight excluding hydrogens is 917 g/mol. The van der Waals surface area contributed by atoms with Gasteiger partial charge >= 0.3 is 12.2 Å². The normalized spacial score (nSPS) is 19.9. The summed E-state index contributed by atoms with van der Waals surface area (Å²) in [6, 6.07) is 35.5. The first-order chi connectivity index (χ1) is 35.5. The van der Waals surface area contributed by atoms with Gasteiger partial charge in [0.25, 0.3) is 0 Å². The number of fused-ring (bicyclic) bond motifs is 6. The molecule has 7 aromatic rings. The van der Waals surface area contributed by atoms with E-state index in [0.29, 0.717) is 36.4 Å². The van der Waals surface area contributed by atoms with Crippen molar-refractivity contribution in [2.45, 2.75) is 109 Å². The van der Waals surface area contributed by atoms with E-state index in [-0.39, 0.29) is 35.7 Å². The average molecular weight is 979 g/mol. The Kier molecular flexibility index (Phi) is 13.1. The zero-order valence-corrected chi connectivity index (χ0v) is 41.8. The molecule has 3 fully saturated rings. The van der Waals surface area contributed by atoms with Gasteiger partial charge in [-0.1, -0.05) is 107 Å². The van der Waals surface area contributed by atoms with Crippen LogP contribution in [0.4, 0.5) is 9.59 Å². The van der Waals surface area contributed by atoms with E-state index in [1.54, 1.807) is 48.5 Å². The predicted octanol–water partition coefficient (Wildman–Crippen LogP) is 11.6. The minimum atomic E-state index is -0.751. The van der Waals surface area contributed by atoms with Crippen molar-refractivity contribution in [3.05, 3.63) is 144 Å². The van der Waals surface area contributed by atoms with Crippen molar-refractivity contribution in [1.29, 1.82) is 0 Å². The zero-order chi connectivity index (χ0) is 50.3. The number of H-pyrrole nitrogens is 2. The fourth-order valence-electron chi connectivity index (χ4n) is 11.9. The van der Waals surface area contributed by atoms with E-state index in [9.17, 15) is 19.2 Å². The van der Waals surface area contributed by atoms with Crippen LogP contribution >= 0.6 is 0 Å². The smallest absolute Gasteiger partial charge is 0.410 e. The van der Waals surface area contributed by atoms with E-state index in [4.69, 9.17) is 19.4 Å². The summed E-state index contributed by atoms with van der Waals surface area (Å²) in [5.41, 5.74) is 11.5. The molecule has 14 heteroatoms. The SMILES string of the molecule is CC(C)C(NC(=O)Oc1ccccc1)C(=O)N1CCC[C@H]1c1ncc(-c2ccc(-c3ccc(-c4ccc5nc([C@@H]6CCCN6C(=O)[C@@H](NC(=O)Oc6ccccc6)C(C)C)[nH]c5c4)c4c3C3CCC4C3)cc2)[nH]1. The third kappa shape index (κ3) is 9.46. The molecule has 2 saturated heterocycles. The molecule has 374 valence electrons. The third-order valence-corrected chi connectivity index (χ3v) is 15.5. The molecule has 2 aromatic heterocycles. The number of aromatic nitrogens is 4. The summed E-state index contributed by atoms with van der Waals surface area (Å²) in [6.45, 7) is 8.86. The summed E-state index contributed by atoms with van der Waals surface area (Å²) in [5.74, 6) is 2.74. The fourth-order valence-corrected chi connectivity index (χ4v) is 11.9. The number of benzene rings is 5. The Morgan fingerprint density at radius 2 is 1.10 bits per heavy atom. The van der Waals surface area contributed by atoms with Gasteiger partial charge in [-0.3, -0.25) is 9.59 Å². The number of hydrogen-bond donors (Lipinski definition) is 4. The van der Waals surface area contributed by atoms with Crippen molar-refractivity contribution >= 4 is 35.0 Å². The number of aromatic amines is 2. The molecule has 11 rings (SSSR count). The molecule has 2 aliphatic carbocycles. The lowest BCUT2D eigenvalue weighted by Crippen LogP contribution is -2.51. The molecule has 0 radical (unpaired) electrons. The third-order valence-electron chi connectivity index (χ3n) is 15.5. The van der Waals surface area contributed by atoms with Crippen molar-refractivity contribution in [3.63, 3.8) is 0 Å². The van der Waals surface area contributed by atoms with Gasteiger partial charge in [0.2, 0.25) is 11.8 Å². The van der Waals surface area contributed by atoms with Gasteiger partial charge in [0.05, 0.1) is 35.0 Å². The van der Waals surface area contributed by atoms with Gasteiger partial charge in [-0.05, 0) is 144 Å². The highest BCUT2D eigenvalue weighted by atomic mass is 16.6. The van der Waals surface area contributed by atoms with Crippen molar-refractivity contribution in [1.82, 2.24) is 40.4 Å². The molecule has 2 bridgehead atoms. The summed E-state index contributed by atoms with van der Waals surface area (Å²) in [4.78, 5) is 74.7. The number of nitrogens with zero attached hydrogens (tertiary/aromatic N) is 4. The lowest BCUT2D eigenvalue weighted by molar-refractivity contribution is -0.136. The monoisotopic (exact) mass is 978 g/mol. The van der Waals surface area contributed by atoms with Crippen molar-refractivity contribution in [2.24, 2.45) is 11.8 Å². The second-order valence-corrected chi connectivity index (χ2v) is 20.8. The molecule has 14 nitrogen and oxygen atoms in total. The van der Waals surface area contributed by atoms with Gasteiger partial charge in [0, 0.05) is 13.1 Å². The van der Waals surface area contributed by atoms with E-state index >= 15 is 0 Å². The van der Waals surface area contributed by atoms with Crippen LogP contribution in [0.2, 0.25) is 0 Å². The van der Waals surface area contributed by atoms with E-state index in [1.807, 2.05) is 55.8 Å². The maximum absolute atomic E-state index is 14.1. The number of ether oxygens (including phenoxy) is 2. The second kappa shape index (κ2) is 20.0. The number of hydrogen-bond acceptors (Lipinski definition) is 8. The Morgan fingerprint density at radius 3 is 1.64 bits per heavy atom. The molecule has 6 atom stereocenters. The van der Waals surface area contributed by atoms with Crippen LogP contribution in [-0.2, 0) is 9.59 Å². The van der Waals surface area contributed by atoms with Crippen LogP contribution in [0, 0.1) is 11.8 Å². The van der Waals surface area contributed by atoms with Gasteiger partial charge in [-0.2, -0.15) is 0 Å². The molecule has 4 N–H and O–H groups in total. The lowest BCUT2D eigenvalue weighted by atomic mass is 9.81. The topological polar surface area (TPSA) is 175 Å². The highest BCUT2D eigenvalue weighted by Gasteiger charge is 2.42. The number of amides is 4. The Bertz CT molecular complexity index is 3170. The van der Waals surface area contributed by atoms with E-state index in [1.165, 1.54) is 47.1 Å². The Morgan fingerprint density at radius 1 is 0.589 bits per heavy atom. The van der Waals surface area contributed by atoms with Crippen LogP contribution in [0.25, 0.3) is 44.5 Å². The first kappa shape index (κ1) is 47.6. The zero-order valence-electron chi connectivity index (χ0n) is 41.8. The quantitative estimate of drug-likeness (QED) is 0.0883. The molecule has 1 saturated carbocycles. The standard InChI is InChI=1S/C59H62N8O6/c1-34(2)52(64-58(70)72-41-13-7-5-8-14-41)56(68)66-29-11-17-48(66)54-60-33-47(63-54)37-21-19-36(20-22-37)43-26-27-44(51-40-24-23-39(31-40)50(43)51)38-25-28-45-46(32-38)62-55(61-45)49-18-12-30-67(49)57(69)53(35(3)4)65-59(71)73-42-15-9-6-10-16-42/h5-10,13-16,19-22,25-28,32-35,39-40,48-49,52-53H,11-12,17-18,23-24,29-31H2,1-4H3,(H,60,63)(H,61,62)(H,64,70)(H,65,71)/t39?,40?,48-,49-,52?,53-/m0/s1. The number of carbonyl (C=O) groups excluding carboxylic acids is 4. The Labute approximate surface area is 425 Å². The molecule has 5 aromatic carbocycles. The summed E-state index contributed by atoms with van der Waals surface area (Å²) < 4.78 is 11.0. The van der Waals surface area contributed by atoms with Gasteiger partial charge in [-0.15, -0.1) is 0 Å². The van der Waals surface area contributed by atoms with E-state index < -0.39 is 24.3 Å². The van der Waals surface area contributed by atoms with Crippen molar-refractivity contribution in [2.75, 3.05) is 13.1 Å². The first-order valence-corrected chi connectivity index (χ1v) is 26.0. The summed E-state index contributed by atoms with van der Waals surface area (Å²) >= 11 is 0. The molecular formula is C59H62N8O6. The molecule has 4 heterocycles. The van der Waals surface area contributed by atoms with Crippen LogP contribution in [-0.4, -0.2) is 78.9 Å². The predicted molar refractivity (Wildman–Crippen MR) is 280 cm³/mol. The van der Waals surface area contributed by atoms with Crippen LogP contribution in [0.3, 0.4) is 0 Å². The Hall–Kier alpha value is -7.74. The maximum atomic E-state index is 14.1. The average Bonchev–Trinajstić information content (AvgIpc) is 4.27. The largest absolute Gasteiger partial charge is 0.413 e. The fraction of sp³-hybridized carbons (Fsp3) is 0.356. The molecule has 73 heavy (non-hydrogen) atoms. The second-order valence-electron chi connectivity index (χ2n) is 20.8. The Balaban J connectivity index is 0.792. The van der Waals surface area contributed by atoms with Gasteiger partial charge in [0.1, 0.15) is 35.2 Å². The molecule has 2 aliphatic heterocycles.